The molecule has 1 saturated carbocycles. The van der Waals surface area contributed by atoms with Gasteiger partial charge in [-0.15, -0.1) is 0 Å². The van der Waals surface area contributed by atoms with Crippen molar-refractivity contribution >= 4 is 11.9 Å². The smallest absolute Gasteiger partial charge is 0.475 e. The Morgan fingerprint density at radius 2 is 1.63 bits per heavy atom. The van der Waals surface area contributed by atoms with Gasteiger partial charge in [-0.25, -0.2) is 4.79 Å². The standard InChI is InChI=1S/C9H16N2O.C2HF3O2/c1-6(12)11-9-7-2-4-10-5-3-8(7)9;3-2(4,5)1(6)7/h7-10H,2-5H2,1H3,(H,11,12);(H,6,7)/t7-,8+,9?;. The molecule has 8 heteroatoms. The Bertz CT molecular complexity index is 335. The van der Waals surface area contributed by atoms with E-state index in [2.05, 4.69) is 10.6 Å². The molecule has 0 aromatic carbocycles. The highest BCUT2D eigenvalue weighted by atomic mass is 19.4. The molecule has 0 aromatic heterocycles. The first kappa shape index (κ1) is 15.7. The van der Waals surface area contributed by atoms with Gasteiger partial charge in [0.15, 0.2) is 0 Å². The van der Waals surface area contributed by atoms with Gasteiger partial charge in [0.1, 0.15) is 0 Å². The number of aliphatic carboxylic acids is 1. The van der Waals surface area contributed by atoms with Gasteiger partial charge < -0.3 is 15.7 Å². The van der Waals surface area contributed by atoms with Gasteiger partial charge in [-0.2, -0.15) is 13.2 Å². The van der Waals surface area contributed by atoms with Crippen LogP contribution in [0.2, 0.25) is 0 Å². The van der Waals surface area contributed by atoms with Crippen molar-refractivity contribution in [2.24, 2.45) is 11.8 Å². The number of hydrogen-bond acceptors (Lipinski definition) is 3. The van der Waals surface area contributed by atoms with Gasteiger partial charge in [-0.05, 0) is 37.8 Å². The quantitative estimate of drug-likeness (QED) is 0.663. The highest BCUT2D eigenvalue weighted by Gasteiger charge is 2.49. The van der Waals surface area contributed by atoms with Crippen molar-refractivity contribution in [1.29, 1.82) is 0 Å². The maximum atomic E-state index is 10.8. The van der Waals surface area contributed by atoms with Crippen LogP contribution in [0.25, 0.3) is 0 Å². The van der Waals surface area contributed by atoms with E-state index in [9.17, 15) is 18.0 Å². The Labute approximate surface area is 108 Å². The fourth-order valence-corrected chi connectivity index (χ4v) is 2.34. The summed E-state index contributed by atoms with van der Waals surface area (Å²) in [5.41, 5.74) is 0. The number of amides is 1. The Morgan fingerprint density at radius 3 is 1.95 bits per heavy atom. The molecule has 1 aliphatic heterocycles. The van der Waals surface area contributed by atoms with Gasteiger partial charge in [0.2, 0.25) is 5.91 Å². The van der Waals surface area contributed by atoms with E-state index in [-0.39, 0.29) is 5.91 Å². The minimum Gasteiger partial charge on any atom is -0.475 e. The minimum atomic E-state index is -5.08. The fraction of sp³-hybridized carbons (Fsp3) is 0.818. The van der Waals surface area contributed by atoms with Gasteiger partial charge in [-0.3, -0.25) is 4.79 Å². The largest absolute Gasteiger partial charge is 0.490 e. The van der Waals surface area contributed by atoms with Crippen LogP contribution in [-0.2, 0) is 9.59 Å². The number of carboxylic acid groups (broad SMARTS) is 1. The monoisotopic (exact) mass is 282 g/mol. The predicted octanol–water partition coefficient (Wildman–Crippen LogP) is 0.754. The highest BCUT2D eigenvalue weighted by molar-refractivity contribution is 5.73. The lowest BCUT2D eigenvalue weighted by molar-refractivity contribution is -0.192. The van der Waals surface area contributed by atoms with Gasteiger partial charge in [0.25, 0.3) is 0 Å². The molecule has 1 unspecified atom stereocenters. The van der Waals surface area contributed by atoms with E-state index in [0.29, 0.717) is 6.04 Å². The number of nitrogens with one attached hydrogen (secondary N) is 2. The summed E-state index contributed by atoms with van der Waals surface area (Å²) in [5.74, 6) is -1.10. The van der Waals surface area contributed by atoms with Crippen molar-refractivity contribution in [1.82, 2.24) is 10.6 Å². The van der Waals surface area contributed by atoms with Crippen molar-refractivity contribution in [3.63, 3.8) is 0 Å². The zero-order valence-electron chi connectivity index (χ0n) is 10.5. The Kier molecular flexibility index (Phi) is 5.16. The van der Waals surface area contributed by atoms with Crippen LogP contribution in [0.4, 0.5) is 13.2 Å². The van der Waals surface area contributed by atoms with E-state index in [4.69, 9.17) is 9.90 Å². The van der Waals surface area contributed by atoms with Crippen LogP contribution in [-0.4, -0.2) is 42.3 Å². The molecule has 1 saturated heterocycles. The summed E-state index contributed by atoms with van der Waals surface area (Å²) in [6, 6.07) is 0.504. The van der Waals surface area contributed by atoms with E-state index in [1.165, 1.54) is 12.8 Å². The van der Waals surface area contributed by atoms with Crippen LogP contribution >= 0.6 is 0 Å². The van der Waals surface area contributed by atoms with E-state index < -0.39 is 12.1 Å². The minimum absolute atomic E-state index is 0.126. The number of carbonyl (C=O) groups is 2. The van der Waals surface area contributed by atoms with Crippen LogP contribution < -0.4 is 10.6 Å². The molecule has 1 aliphatic carbocycles. The number of fused-ring (bicyclic) bond motifs is 1. The molecule has 0 bridgehead atoms. The van der Waals surface area contributed by atoms with Gasteiger partial charge in [-0.1, -0.05) is 0 Å². The van der Waals surface area contributed by atoms with Crippen molar-refractivity contribution in [2.75, 3.05) is 13.1 Å². The summed E-state index contributed by atoms with van der Waals surface area (Å²) in [7, 11) is 0. The molecule has 110 valence electrons. The molecule has 19 heavy (non-hydrogen) atoms. The molecule has 1 heterocycles. The topological polar surface area (TPSA) is 78.4 Å². The second-order valence-electron chi connectivity index (χ2n) is 4.68. The second kappa shape index (κ2) is 6.23. The summed E-state index contributed by atoms with van der Waals surface area (Å²) in [6.45, 7) is 3.85. The summed E-state index contributed by atoms with van der Waals surface area (Å²) in [5, 5.41) is 13.5. The van der Waals surface area contributed by atoms with Gasteiger partial charge >= 0.3 is 12.1 Å². The molecule has 2 rings (SSSR count). The lowest BCUT2D eigenvalue weighted by atomic mass is 10.2. The highest BCUT2D eigenvalue weighted by Crippen LogP contribution is 2.44. The normalized spacial score (nSPS) is 29.2. The van der Waals surface area contributed by atoms with Crippen LogP contribution in [0.15, 0.2) is 0 Å². The van der Waals surface area contributed by atoms with Crippen molar-refractivity contribution < 1.29 is 27.9 Å². The van der Waals surface area contributed by atoms with Crippen LogP contribution in [0.1, 0.15) is 19.8 Å². The van der Waals surface area contributed by atoms with Crippen LogP contribution in [0.3, 0.4) is 0 Å². The number of carbonyl (C=O) groups excluding carboxylic acids is 1. The molecule has 0 radical (unpaired) electrons. The number of hydrogen-bond donors (Lipinski definition) is 3. The maximum Gasteiger partial charge on any atom is 0.490 e. The van der Waals surface area contributed by atoms with E-state index >= 15 is 0 Å². The van der Waals surface area contributed by atoms with E-state index in [1.54, 1.807) is 6.92 Å². The molecule has 5 nitrogen and oxygen atoms in total. The zero-order valence-corrected chi connectivity index (χ0v) is 10.5. The third kappa shape index (κ3) is 5.06. The zero-order chi connectivity index (χ0) is 14.6. The first-order chi connectivity index (χ1) is 8.73. The maximum absolute atomic E-state index is 10.8. The number of halogens is 3. The Hall–Kier alpha value is -1.31. The summed E-state index contributed by atoms with van der Waals surface area (Å²) < 4.78 is 31.7. The number of alkyl halides is 3. The molecule has 0 aromatic rings. The van der Waals surface area contributed by atoms with Gasteiger partial charge in [0, 0.05) is 13.0 Å². The van der Waals surface area contributed by atoms with E-state index in [0.717, 1.165) is 24.9 Å². The first-order valence-electron chi connectivity index (χ1n) is 6.01. The first-order valence-corrected chi connectivity index (χ1v) is 6.01. The molecule has 2 aliphatic rings. The molecule has 2 fully saturated rings. The fourth-order valence-electron chi connectivity index (χ4n) is 2.34. The molecule has 0 spiro atoms. The Balaban J connectivity index is 0.000000224. The molecular formula is C11H17F3N2O3. The molecular weight excluding hydrogens is 265 g/mol. The van der Waals surface area contributed by atoms with Crippen LogP contribution in [0.5, 0.6) is 0 Å². The third-order valence-corrected chi connectivity index (χ3v) is 3.25. The number of rotatable bonds is 1. The summed E-state index contributed by atoms with van der Waals surface area (Å²) in [6.07, 6.45) is -2.62. The van der Waals surface area contributed by atoms with E-state index in [1.807, 2.05) is 0 Å². The molecule has 3 N–H and O–H groups in total. The molecule has 3 atom stereocenters. The summed E-state index contributed by atoms with van der Waals surface area (Å²) in [4.78, 5) is 19.7. The van der Waals surface area contributed by atoms with Crippen molar-refractivity contribution in [2.45, 2.75) is 32.0 Å². The van der Waals surface area contributed by atoms with Crippen molar-refractivity contribution in [3.8, 4) is 0 Å². The average molecular weight is 282 g/mol. The third-order valence-electron chi connectivity index (χ3n) is 3.25. The van der Waals surface area contributed by atoms with Gasteiger partial charge in [0.05, 0.1) is 0 Å². The number of carboxylic acids is 1. The van der Waals surface area contributed by atoms with Crippen molar-refractivity contribution in [3.05, 3.63) is 0 Å². The second-order valence-corrected chi connectivity index (χ2v) is 4.68. The predicted molar refractivity (Wildman–Crippen MR) is 60.4 cm³/mol. The molecule has 1 amide bonds. The van der Waals surface area contributed by atoms with Crippen LogP contribution in [0, 0.1) is 11.8 Å². The average Bonchev–Trinajstić information content (AvgIpc) is 2.94. The SMILES string of the molecule is CC(=O)NC1[C@H]2CCNCC[C@@H]12.O=C(O)C(F)(F)F. The summed E-state index contributed by atoms with van der Waals surface area (Å²) >= 11 is 0. The Morgan fingerprint density at radius 1 is 1.21 bits per heavy atom. The lowest BCUT2D eigenvalue weighted by Crippen LogP contribution is -2.27. The lowest BCUT2D eigenvalue weighted by Gasteiger charge is -2.04.